The largest absolute Gasteiger partial charge is 0.299 e. The predicted molar refractivity (Wildman–Crippen MR) is 142 cm³/mol. The number of benzene rings is 5. The lowest BCUT2D eigenvalue weighted by Crippen LogP contribution is -2.11. The summed E-state index contributed by atoms with van der Waals surface area (Å²) >= 11 is 0. The highest BCUT2D eigenvalue weighted by Gasteiger charge is 2.44. The normalized spacial score (nSPS) is 13.4. The molecule has 0 N–H and O–H groups in total. The first-order valence-electron chi connectivity index (χ1n) is 12.0. The van der Waals surface area contributed by atoms with E-state index in [0.717, 1.165) is 21.9 Å². The molecule has 0 fully saturated rings. The average molecular weight is 484 g/mol. The highest BCUT2D eigenvalue weighted by Crippen LogP contribution is 2.51. The number of fused-ring (bicyclic) bond motifs is 4. The maximum absolute atomic E-state index is 15.4. The van der Waals surface area contributed by atoms with Crippen LogP contribution in [0.15, 0.2) is 115 Å². The highest BCUT2D eigenvalue weighted by atomic mass is 19.3. The van der Waals surface area contributed by atoms with E-state index in [-0.39, 0.29) is 11.1 Å². The molecule has 0 amide bonds. The van der Waals surface area contributed by atoms with Crippen LogP contribution in [-0.4, -0.2) is 15.0 Å². The van der Waals surface area contributed by atoms with E-state index in [1.54, 1.807) is 24.3 Å². The Kier molecular flexibility index (Phi) is 4.73. The fourth-order valence-corrected chi connectivity index (χ4v) is 4.99. The Hall–Kier alpha value is -4.77. The second kappa shape index (κ2) is 8.14. The molecule has 0 unspecified atom stereocenters. The number of hydrogen-bond donors (Lipinski definition) is 0. The van der Waals surface area contributed by atoms with Crippen molar-refractivity contribution in [2.24, 2.45) is 0 Å². The molecular formula is C32H19F2N3. The number of halogens is 2. The second-order valence-corrected chi connectivity index (χ2v) is 9.11. The average Bonchev–Trinajstić information content (AvgIpc) is 3.19. The zero-order valence-corrected chi connectivity index (χ0v) is 19.6. The van der Waals surface area contributed by atoms with E-state index in [1.165, 1.54) is 12.1 Å². The van der Waals surface area contributed by atoms with Crippen molar-refractivity contribution in [3.8, 4) is 45.3 Å². The monoisotopic (exact) mass is 483 g/mol. The van der Waals surface area contributed by atoms with Gasteiger partial charge in [0.15, 0.2) is 17.5 Å². The van der Waals surface area contributed by atoms with Crippen LogP contribution in [-0.2, 0) is 5.92 Å². The van der Waals surface area contributed by atoms with Crippen molar-refractivity contribution in [2.75, 3.05) is 0 Å². The number of hydrogen-bond acceptors (Lipinski definition) is 3. The van der Waals surface area contributed by atoms with E-state index in [4.69, 9.17) is 15.0 Å². The van der Waals surface area contributed by atoms with E-state index >= 15 is 8.78 Å². The minimum absolute atomic E-state index is 0.0274. The first kappa shape index (κ1) is 21.5. The van der Waals surface area contributed by atoms with E-state index in [0.29, 0.717) is 34.2 Å². The molecule has 1 heterocycles. The molecule has 5 aromatic carbocycles. The standard InChI is InChI=1S/C32H19F2N3/c33-32(34)27-13-7-6-12-25(27)26-17-16-24(19-28(26)32)31-36-29(21-9-2-1-3-10-21)35-30(37-31)23-15-14-20-8-4-5-11-22(20)18-23/h1-19H. The Bertz CT molecular complexity index is 1810. The van der Waals surface area contributed by atoms with Gasteiger partial charge in [0.25, 0.3) is 5.92 Å². The summed E-state index contributed by atoms with van der Waals surface area (Å²) in [5, 5.41) is 2.18. The van der Waals surface area contributed by atoms with Gasteiger partial charge >= 0.3 is 0 Å². The van der Waals surface area contributed by atoms with Crippen LogP contribution in [0.4, 0.5) is 8.78 Å². The molecule has 3 nitrogen and oxygen atoms in total. The van der Waals surface area contributed by atoms with Gasteiger partial charge in [-0.2, -0.15) is 8.78 Å². The summed E-state index contributed by atoms with van der Waals surface area (Å²) in [5.74, 6) is -1.75. The second-order valence-electron chi connectivity index (χ2n) is 9.11. The summed E-state index contributed by atoms with van der Waals surface area (Å²) in [6.07, 6.45) is 0. The van der Waals surface area contributed by atoms with Crippen LogP contribution < -0.4 is 0 Å². The number of rotatable bonds is 3. The van der Waals surface area contributed by atoms with Gasteiger partial charge in [0, 0.05) is 27.8 Å². The molecule has 1 aliphatic rings. The van der Waals surface area contributed by atoms with Crippen molar-refractivity contribution in [3.63, 3.8) is 0 Å². The third-order valence-corrected chi connectivity index (χ3v) is 6.85. The van der Waals surface area contributed by atoms with Gasteiger partial charge in [-0.25, -0.2) is 15.0 Å². The first-order chi connectivity index (χ1) is 18.1. The van der Waals surface area contributed by atoms with Crippen molar-refractivity contribution in [1.82, 2.24) is 15.0 Å². The third kappa shape index (κ3) is 3.51. The van der Waals surface area contributed by atoms with Gasteiger partial charge in [-0.1, -0.05) is 103 Å². The summed E-state index contributed by atoms with van der Waals surface area (Å²) in [6.45, 7) is 0. The van der Waals surface area contributed by atoms with Crippen LogP contribution in [0, 0.1) is 0 Å². The molecule has 0 bridgehead atoms. The van der Waals surface area contributed by atoms with E-state index in [1.807, 2.05) is 72.8 Å². The minimum atomic E-state index is -3.08. The molecule has 176 valence electrons. The number of alkyl halides is 2. The first-order valence-corrected chi connectivity index (χ1v) is 12.0. The molecular weight excluding hydrogens is 464 g/mol. The Labute approximate surface area is 212 Å². The molecule has 7 rings (SSSR count). The van der Waals surface area contributed by atoms with Crippen molar-refractivity contribution in [1.29, 1.82) is 0 Å². The van der Waals surface area contributed by atoms with Gasteiger partial charge in [0.2, 0.25) is 0 Å². The smallest absolute Gasteiger partial charge is 0.208 e. The van der Waals surface area contributed by atoms with Crippen LogP contribution in [0.2, 0.25) is 0 Å². The van der Waals surface area contributed by atoms with Crippen LogP contribution in [0.3, 0.4) is 0 Å². The molecule has 0 radical (unpaired) electrons. The van der Waals surface area contributed by atoms with Gasteiger partial charge < -0.3 is 0 Å². The fourth-order valence-electron chi connectivity index (χ4n) is 4.99. The van der Waals surface area contributed by atoms with Gasteiger partial charge in [-0.15, -0.1) is 0 Å². The van der Waals surface area contributed by atoms with Crippen LogP contribution in [0.5, 0.6) is 0 Å². The Morgan fingerprint density at radius 2 is 1.00 bits per heavy atom. The molecule has 6 aromatic rings. The van der Waals surface area contributed by atoms with Crippen molar-refractivity contribution in [2.45, 2.75) is 5.92 Å². The predicted octanol–water partition coefficient (Wildman–Crippen LogP) is 8.15. The summed E-state index contributed by atoms with van der Waals surface area (Å²) in [5.41, 5.74) is 3.28. The lowest BCUT2D eigenvalue weighted by molar-refractivity contribution is 0.0480. The summed E-state index contributed by atoms with van der Waals surface area (Å²) in [6, 6.07) is 35.5. The number of aromatic nitrogens is 3. The summed E-state index contributed by atoms with van der Waals surface area (Å²) in [7, 11) is 0. The maximum Gasteiger partial charge on any atom is 0.299 e. The minimum Gasteiger partial charge on any atom is -0.208 e. The van der Waals surface area contributed by atoms with Crippen molar-refractivity contribution >= 4 is 10.8 Å². The zero-order chi connectivity index (χ0) is 25.0. The lowest BCUT2D eigenvalue weighted by Gasteiger charge is -2.13. The molecule has 1 aromatic heterocycles. The SMILES string of the molecule is FC1(F)c2ccccc2-c2ccc(-c3nc(-c4ccccc4)nc(-c4ccc5ccccc5c4)n3)cc21. The summed E-state index contributed by atoms with van der Waals surface area (Å²) < 4.78 is 30.8. The number of nitrogens with zero attached hydrogens (tertiary/aromatic N) is 3. The van der Waals surface area contributed by atoms with Gasteiger partial charge in [-0.05, 0) is 34.0 Å². The van der Waals surface area contributed by atoms with E-state index in [9.17, 15) is 0 Å². The molecule has 0 aliphatic heterocycles. The Morgan fingerprint density at radius 1 is 0.432 bits per heavy atom. The summed E-state index contributed by atoms with van der Waals surface area (Å²) in [4.78, 5) is 14.2. The maximum atomic E-state index is 15.4. The van der Waals surface area contributed by atoms with Crippen molar-refractivity contribution in [3.05, 3.63) is 126 Å². The zero-order valence-electron chi connectivity index (χ0n) is 19.6. The molecule has 1 aliphatic carbocycles. The van der Waals surface area contributed by atoms with E-state index in [2.05, 4.69) is 6.07 Å². The molecule has 37 heavy (non-hydrogen) atoms. The highest BCUT2D eigenvalue weighted by molar-refractivity contribution is 5.87. The lowest BCUT2D eigenvalue weighted by atomic mass is 10.0. The molecule has 0 saturated heterocycles. The Balaban J connectivity index is 1.42. The molecule has 5 heteroatoms. The topological polar surface area (TPSA) is 38.7 Å². The van der Waals surface area contributed by atoms with Crippen LogP contribution in [0.1, 0.15) is 11.1 Å². The molecule has 0 saturated carbocycles. The quantitative estimate of drug-likeness (QED) is 0.255. The van der Waals surface area contributed by atoms with E-state index < -0.39 is 5.92 Å². The van der Waals surface area contributed by atoms with Gasteiger partial charge in [0.1, 0.15) is 0 Å². The van der Waals surface area contributed by atoms with Crippen LogP contribution in [0.25, 0.3) is 56.1 Å². The third-order valence-electron chi connectivity index (χ3n) is 6.85. The van der Waals surface area contributed by atoms with Crippen molar-refractivity contribution < 1.29 is 8.78 Å². The molecule has 0 atom stereocenters. The Morgan fingerprint density at radius 3 is 1.78 bits per heavy atom. The molecule has 0 spiro atoms. The fraction of sp³-hybridized carbons (Fsp3) is 0.0312. The van der Waals surface area contributed by atoms with Crippen LogP contribution >= 0.6 is 0 Å². The van der Waals surface area contributed by atoms with Gasteiger partial charge in [0.05, 0.1) is 0 Å². The van der Waals surface area contributed by atoms with Gasteiger partial charge in [-0.3, -0.25) is 0 Å².